The van der Waals surface area contributed by atoms with E-state index in [-0.39, 0.29) is 17.9 Å². The zero-order valence-electron chi connectivity index (χ0n) is 17.3. The lowest BCUT2D eigenvalue weighted by Gasteiger charge is -2.27. The Kier molecular flexibility index (Phi) is 6.13. The van der Waals surface area contributed by atoms with E-state index in [0.717, 1.165) is 10.8 Å². The molecule has 0 spiro atoms. The molecule has 1 N–H and O–H groups in total. The molecule has 0 saturated carbocycles. The standard InChI is InChI=1S/C21H25ClN2O5S/c1-13(20(26)29-21(2,3)4)24-10-9-18(19(24)25)23-30(27,28)17-8-6-14-11-16(22)7-5-15(14)12-17/h5-8,11-13,18,23H,9-10H2,1-4H3/t13-,18?/m1/s1. The number of benzene rings is 2. The maximum atomic E-state index is 12.8. The molecule has 1 amide bonds. The van der Waals surface area contributed by atoms with Gasteiger partial charge < -0.3 is 9.64 Å². The number of carbonyl (C=O) groups is 2. The predicted octanol–water partition coefficient (Wildman–Crippen LogP) is 3.10. The number of amides is 1. The van der Waals surface area contributed by atoms with Crippen molar-refractivity contribution in [3.8, 4) is 0 Å². The van der Waals surface area contributed by atoms with Crippen molar-refractivity contribution in [3.63, 3.8) is 0 Å². The van der Waals surface area contributed by atoms with Gasteiger partial charge in [-0.3, -0.25) is 4.79 Å². The molecule has 30 heavy (non-hydrogen) atoms. The van der Waals surface area contributed by atoms with E-state index in [2.05, 4.69) is 4.72 Å². The summed E-state index contributed by atoms with van der Waals surface area (Å²) < 4.78 is 33.5. The third kappa shape index (κ3) is 4.94. The maximum absolute atomic E-state index is 12.8. The Morgan fingerprint density at radius 1 is 1.20 bits per heavy atom. The number of nitrogens with zero attached hydrogens (tertiary/aromatic N) is 1. The minimum atomic E-state index is -3.92. The Bertz CT molecular complexity index is 1090. The molecule has 2 aromatic carbocycles. The number of hydrogen-bond donors (Lipinski definition) is 1. The first kappa shape index (κ1) is 22.5. The molecule has 1 aliphatic heterocycles. The highest BCUT2D eigenvalue weighted by atomic mass is 35.5. The van der Waals surface area contributed by atoms with Gasteiger partial charge in [-0.15, -0.1) is 0 Å². The second kappa shape index (κ2) is 8.17. The number of carbonyl (C=O) groups excluding carboxylic acids is 2. The van der Waals surface area contributed by atoms with Crippen molar-refractivity contribution in [1.82, 2.24) is 9.62 Å². The number of hydrogen-bond acceptors (Lipinski definition) is 5. The number of sulfonamides is 1. The van der Waals surface area contributed by atoms with Crippen LogP contribution in [0.1, 0.15) is 34.1 Å². The highest BCUT2D eigenvalue weighted by molar-refractivity contribution is 7.89. The van der Waals surface area contributed by atoms with Crippen LogP contribution >= 0.6 is 11.6 Å². The summed E-state index contributed by atoms with van der Waals surface area (Å²) in [6.07, 6.45) is 0.272. The van der Waals surface area contributed by atoms with Crippen LogP contribution in [-0.4, -0.2) is 49.4 Å². The first-order chi connectivity index (χ1) is 13.9. The van der Waals surface area contributed by atoms with Crippen molar-refractivity contribution < 1.29 is 22.7 Å². The number of esters is 1. The number of rotatable bonds is 5. The fraction of sp³-hybridized carbons (Fsp3) is 0.429. The number of likely N-dealkylation sites (tertiary alicyclic amines) is 1. The molecular formula is C21H25ClN2O5S. The highest BCUT2D eigenvalue weighted by Crippen LogP contribution is 2.24. The lowest BCUT2D eigenvalue weighted by atomic mass is 10.1. The largest absolute Gasteiger partial charge is 0.458 e. The zero-order valence-corrected chi connectivity index (χ0v) is 18.9. The molecule has 9 heteroatoms. The van der Waals surface area contributed by atoms with E-state index in [1.54, 1.807) is 52.0 Å². The van der Waals surface area contributed by atoms with Crippen LogP contribution in [0.2, 0.25) is 5.02 Å². The molecule has 0 radical (unpaired) electrons. The lowest BCUT2D eigenvalue weighted by Crippen LogP contribution is -2.47. The Morgan fingerprint density at radius 2 is 1.83 bits per heavy atom. The third-order valence-corrected chi connectivity index (χ3v) is 6.54. The first-order valence-corrected chi connectivity index (χ1v) is 11.5. The molecule has 2 atom stereocenters. The average Bonchev–Trinajstić information content (AvgIpc) is 2.99. The molecule has 0 bridgehead atoms. The number of nitrogens with one attached hydrogen (secondary N) is 1. The Hall–Kier alpha value is -2.16. The van der Waals surface area contributed by atoms with Crippen LogP contribution in [0.25, 0.3) is 10.8 Å². The molecule has 1 saturated heterocycles. The van der Waals surface area contributed by atoms with Gasteiger partial charge in [-0.1, -0.05) is 23.7 Å². The van der Waals surface area contributed by atoms with E-state index >= 15 is 0 Å². The monoisotopic (exact) mass is 452 g/mol. The van der Waals surface area contributed by atoms with Gasteiger partial charge in [-0.2, -0.15) is 4.72 Å². The van der Waals surface area contributed by atoms with Gasteiger partial charge in [0.05, 0.1) is 4.90 Å². The molecule has 1 unspecified atom stereocenters. The van der Waals surface area contributed by atoms with Crippen LogP contribution in [0.3, 0.4) is 0 Å². The summed E-state index contributed by atoms with van der Waals surface area (Å²) in [7, 11) is -3.92. The van der Waals surface area contributed by atoms with Gasteiger partial charge in [0.25, 0.3) is 0 Å². The van der Waals surface area contributed by atoms with Crippen molar-refractivity contribution in [2.75, 3.05) is 6.54 Å². The van der Waals surface area contributed by atoms with Gasteiger partial charge >= 0.3 is 5.97 Å². The summed E-state index contributed by atoms with van der Waals surface area (Å²) in [6.45, 7) is 7.09. The summed E-state index contributed by atoms with van der Waals surface area (Å²) in [4.78, 5) is 26.5. The van der Waals surface area contributed by atoms with Gasteiger partial charge in [0.15, 0.2) is 0 Å². The van der Waals surface area contributed by atoms with Crippen LogP contribution in [0.5, 0.6) is 0 Å². The van der Waals surface area contributed by atoms with Crippen LogP contribution in [-0.2, 0) is 24.3 Å². The van der Waals surface area contributed by atoms with Crippen molar-refractivity contribution in [3.05, 3.63) is 41.4 Å². The minimum absolute atomic E-state index is 0.0590. The van der Waals surface area contributed by atoms with E-state index in [1.807, 2.05) is 0 Å². The van der Waals surface area contributed by atoms with Crippen LogP contribution in [0.15, 0.2) is 41.3 Å². The van der Waals surface area contributed by atoms with Gasteiger partial charge in [-0.25, -0.2) is 13.2 Å². The van der Waals surface area contributed by atoms with E-state index in [4.69, 9.17) is 16.3 Å². The maximum Gasteiger partial charge on any atom is 0.329 e. The number of ether oxygens (including phenoxy) is 1. The van der Waals surface area contributed by atoms with Gasteiger partial charge in [0.1, 0.15) is 17.7 Å². The first-order valence-electron chi connectivity index (χ1n) is 9.62. The summed E-state index contributed by atoms with van der Waals surface area (Å²) in [6, 6.07) is 8.12. The smallest absolute Gasteiger partial charge is 0.329 e. The van der Waals surface area contributed by atoms with Crippen LogP contribution in [0, 0.1) is 0 Å². The predicted molar refractivity (Wildman–Crippen MR) is 115 cm³/mol. The van der Waals surface area contributed by atoms with Gasteiger partial charge in [-0.05, 0) is 69.2 Å². The molecule has 1 aliphatic rings. The normalized spacial score (nSPS) is 18.6. The molecule has 2 aromatic rings. The highest BCUT2D eigenvalue weighted by Gasteiger charge is 2.40. The average molecular weight is 453 g/mol. The van der Waals surface area contributed by atoms with Gasteiger partial charge in [0, 0.05) is 11.6 Å². The van der Waals surface area contributed by atoms with Crippen molar-refractivity contribution >= 4 is 44.3 Å². The molecule has 0 aliphatic carbocycles. The topological polar surface area (TPSA) is 92.8 Å². The fourth-order valence-corrected chi connectivity index (χ4v) is 4.77. The fourth-order valence-electron chi connectivity index (χ4n) is 3.33. The van der Waals surface area contributed by atoms with Crippen molar-refractivity contribution in [1.29, 1.82) is 0 Å². The van der Waals surface area contributed by atoms with E-state index in [9.17, 15) is 18.0 Å². The molecule has 7 nitrogen and oxygen atoms in total. The summed E-state index contributed by atoms with van der Waals surface area (Å²) in [5.41, 5.74) is -0.671. The summed E-state index contributed by atoms with van der Waals surface area (Å²) in [5, 5.41) is 2.10. The second-order valence-corrected chi connectivity index (χ2v) is 10.5. The molecule has 1 heterocycles. The van der Waals surface area contributed by atoms with Crippen molar-refractivity contribution in [2.45, 2.75) is 56.7 Å². The Morgan fingerprint density at radius 3 is 2.50 bits per heavy atom. The Balaban J connectivity index is 1.74. The van der Waals surface area contributed by atoms with E-state index in [0.29, 0.717) is 5.02 Å². The molecule has 1 fully saturated rings. The van der Waals surface area contributed by atoms with E-state index < -0.39 is 39.6 Å². The van der Waals surface area contributed by atoms with Crippen LogP contribution < -0.4 is 4.72 Å². The van der Waals surface area contributed by atoms with Gasteiger partial charge in [0.2, 0.25) is 15.9 Å². The van der Waals surface area contributed by atoms with Crippen LogP contribution in [0.4, 0.5) is 0 Å². The second-order valence-electron chi connectivity index (χ2n) is 8.36. The SMILES string of the molecule is C[C@H](C(=O)OC(C)(C)C)N1CCC(NS(=O)(=O)c2ccc3cc(Cl)ccc3c2)C1=O. The Labute approximate surface area is 181 Å². The zero-order chi connectivity index (χ0) is 22.3. The summed E-state index contributed by atoms with van der Waals surface area (Å²) >= 11 is 5.97. The quantitative estimate of drug-likeness (QED) is 0.703. The number of fused-ring (bicyclic) bond motifs is 1. The molecule has 162 valence electrons. The molecular weight excluding hydrogens is 428 g/mol. The molecule has 3 rings (SSSR count). The lowest BCUT2D eigenvalue weighted by molar-refractivity contribution is -0.163. The number of halogens is 1. The third-order valence-electron chi connectivity index (χ3n) is 4.84. The van der Waals surface area contributed by atoms with E-state index in [1.165, 1.54) is 17.0 Å². The summed E-state index contributed by atoms with van der Waals surface area (Å²) in [5.74, 6) is -0.961. The minimum Gasteiger partial charge on any atom is -0.458 e. The van der Waals surface area contributed by atoms with Crippen molar-refractivity contribution in [2.24, 2.45) is 0 Å². The molecule has 0 aromatic heterocycles.